The molecule has 12 heteroatoms. The molecule has 0 bridgehead atoms. The van der Waals surface area contributed by atoms with Crippen LogP contribution in [0, 0.1) is 11.6 Å². The summed E-state index contributed by atoms with van der Waals surface area (Å²) >= 11 is 1.19. The molecule has 0 unspecified atom stereocenters. The largest absolute Gasteiger partial charge is 0.381 e. The predicted octanol–water partition coefficient (Wildman–Crippen LogP) is 3.24. The van der Waals surface area contributed by atoms with Gasteiger partial charge in [0.1, 0.15) is 34.6 Å². The van der Waals surface area contributed by atoms with Gasteiger partial charge < -0.3 is 10.8 Å². The quantitative estimate of drug-likeness (QED) is 0.338. The Hall–Kier alpha value is -4.29. The molecule has 5 rings (SSSR count). The van der Waals surface area contributed by atoms with Crippen molar-refractivity contribution in [3.63, 3.8) is 0 Å². The first-order chi connectivity index (χ1) is 17.7. The number of hydrogen-bond acceptors (Lipinski definition) is 7. The fourth-order valence-electron chi connectivity index (χ4n) is 4.22. The molecule has 0 radical (unpaired) electrons. The predicted molar refractivity (Wildman–Crippen MR) is 133 cm³/mol. The first kappa shape index (κ1) is 24.4. The molecular weight excluding hydrogens is 502 g/mol. The number of nitrogens with two attached hydrogens (primary N) is 1. The molecule has 3 aromatic heterocycles. The average molecular weight is 523 g/mol. The molecule has 0 spiro atoms. The van der Waals surface area contributed by atoms with Gasteiger partial charge in [-0.15, -0.1) is 11.3 Å². The van der Waals surface area contributed by atoms with Crippen molar-refractivity contribution in [2.24, 2.45) is 5.73 Å². The molecule has 3 N–H and O–H groups in total. The number of carbonyl (C=O) groups is 1. The summed E-state index contributed by atoms with van der Waals surface area (Å²) in [6, 6.07) is 10.2. The number of fused-ring (bicyclic) bond motifs is 1. The molecule has 5 aromatic rings. The molecule has 188 valence electrons. The number of primary amides is 1. The van der Waals surface area contributed by atoms with E-state index in [1.807, 2.05) is 0 Å². The summed E-state index contributed by atoms with van der Waals surface area (Å²) in [6.07, 6.45) is 3.89. The smallest absolute Gasteiger partial charge is 0.271 e. The van der Waals surface area contributed by atoms with E-state index >= 15 is 0 Å². The van der Waals surface area contributed by atoms with Crippen molar-refractivity contribution in [1.82, 2.24) is 24.3 Å². The maximum Gasteiger partial charge on any atom is 0.271 e. The normalized spacial score (nSPS) is 13.9. The van der Waals surface area contributed by atoms with Crippen LogP contribution in [0.4, 0.5) is 8.78 Å². The maximum atomic E-state index is 14.9. The van der Waals surface area contributed by atoms with Gasteiger partial charge in [-0.05, 0) is 36.8 Å². The monoisotopic (exact) mass is 522 g/mol. The second kappa shape index (κ2) is 9.30. The van der Waals surface area contributed by atoms with E-state index in [9.17, 15) is 23.5 Å². The van der Waals surface area contributed by atoms with Crippen molar-refractivity contribution in [3.8, 4) is 10.4 Å². The van der Waals surface area contributed by atoms with E-state index in [0.29, 0.717) is 21.8 Å². The molecule has 2 aromatic carbocycles. The van der Waals surface area contributed by atoms with Crippen LogP contribution in [0.25, 0.3) is 20.7 Å². The zero-order valence-electron chi connectivity index (χ0n) is 19.4. The van der Waals surface area contributed by atoms with Crippen molar-refractivity contribution in [3.05, 3.63) is 101 Å². The summed E-state index contributed by atoms with van der Waals surface area (Å²) in [5.74, 6) is -2.31. The minimum atomic E-state index is -2.02. The van der Waals surface area contributed by atoms with Gasteiger partial charge in [0, 0.05) is 22.1 Å². The Morgan fingerprint density at radius 2 is 1.92 bits per heavy atom. The van der Waals surface area contributed by atoms with Crippen LogP contribution in [0.15, 0.2) is 72.3 Å². The Morgan fingerprint density at radius 3 is 2.57 bits per heavy atom. The van der Waals surface area contributed by atoms with E-state index in [1.54, 1.807) is 37.3 Å². The lowest BCUT2D eigenvalue weighted by atomic mass is 9.86. The van der Waals surface area contributed by atoms with Crippen molar-refractivity contribution in [1.29, 1.82) is 0 Å². The minimum absolute atomic E-state index is 0.203. The third-order valence-corrected chi connectivity index (χ3v) is 7.45. The molecule has 0 aliphatic heterocycles. The molecule has 0 aliphatic rings. The number of halogens is 2. The highest BCUT2D eigenvalue weighted by atomic mass is 32.1. The Balaban J connectivity index is 1.59. The number of amides is 1. The van der Waals surface area contributed by atoms with Crippen molar-refractivity contribution in [2.75, 3.05) is 0 Å². The molecule has 2 atom stereocenters. The molecule has 0 aliphatic carbocycles. The molecule has 0 saturated heterocycles. The van der Waals surface area contributed by atoms with Crippen LogP contribution in [0.3, 0.4) is 0 Å². The van der Waals surface area contributed by atoms with Crippen LogP contribution in [0.1, 0.15) is 28.9 Å². The van der Waals surface area contributed by atoms with Gasteiger partial charge in [-0.1, -0.05) is 18.2 Å². The summed E-state index contributed by atoms with van der Waals surface area (Å²) in [5, 5.41) is 15.8. The first-order valence-electron chi connectivity index (χ1n) is 11.1. The number of hydrogen-bond donors (Lipinski definition) is 2. The summed E-state index contributed by atoms with van der Waals surface area (Å²) in [7, 11) is 0. The topological polar surface area (TPSA) is 129 Å². The zero-order chi connectivity index (χ0) is 26.3. The molecule has 37 heavy (non-hydrogen) atoms. The van der Waals surface area contributed by atoms with E-state index < -0.39 is 34.7 Å². The van der Waals surface area contributed by atoms with E-state index in [2.05, 4.69) is 15.1 Å². The average Bonchev–Trinajstić information content (AvgIpc) is 3.54. The van der Waals surface area contributed by atoms with E-state index in [1.165, 1.54) is 39.6 Å². The van der Waals surface area contributed by atoms with Gasteiger partial charge in [0.25, 0.3) is 5.56 Å². The van der Waals surface area contributed by atoms with Gasteiger partial charge in [-0.3, -0.25) is 14.2 Å². The van der Waals surface area contributed by atoms with E-state index in [-0.39, 0.29) is 12.1 Å². The van der Waals surface area contributed by atoms with Gasteiger partial charge in [-0.25, -0.2) is 23.4 Å². The number of carbonyl (C=O) groups excluding carboxylic acids is 1. The van der Waals surface area contributed by atoms with E-state index in [0.717, 1.165) is 22.6 Å². The van der Waals surface area contributed by atoms with Crippen LogP contribution in [0.2, 0.25) is 0 Å². The van der Waals surface area contributed by atoms with Crippen molar-refractivity contribution in [2.45, 2.75) is 25.1 Å². The van der Waals surface area contributed by atoms with Crippen molar-refractivity contribution >= 4 is 27.5 Å². The Bertz CT molecular complexity index is 1670. The summed E-state index contributed by atoms with van der Waals surface area (Å²) in [4.78, 5) is 33.9. The highest BCUT2D eigenvalue weighted by Gasteiger charge is 2.41. The minimum Gasteiger partial charge on any atom is -0.381 e. The first-order valence-corrected chi connectivity index (χ1v) is 11.9. The van der Waals surface area contributed by atoms with Crippen LogP contribution in [-0.2, 0) is 12.1 Å². The molecular formula is C25H20F2N6O3S. The molecule has 1 amide bonds. The Morgan fingerprint density at radius 1 is 1.16 bits per heavy atom. The van der Waals surface area contributed by atoms with Gasteiger partial charge in [0.15, 0.2) is 0 Å². The second-order valence-corrected chi connectivity index (χ2v) is 9.59. The fourth-order valence-corrected chi connectivity index (χ4v) is 5.27. The highest BCUT2D eigenvalue weighted by molar-refractivity contribution is 7.22. The maximum absolute atomic E-state index is 14.9. The van der Waals surface area contributed by atoms with E-state index in [4.69, 9.17) is 5.73 Å². The lowest BCUT2D eigenvalue weighted by Crippen LogP contribution is -2.43. The third-order valence-electron chi connectivity index (χ3n) is 6.29. The van der Waals surface area contributed by atoms with Crippen LogP contribution >= 0.6 is 11.3 Å². The Kier molecular flexibility index (Phi) is 6.13. The van der Waals surface area contributed by atoms with Crippen LogP contribution in [0.5, 0.6) is 0 Å². The number of aliphatic hydroxyl groups is 1. The second-order valence-electron chi connectivity index (χ2n) is 8.54. The van der Waals surface area contributed by atoms with Crippen LogP contribution in [-0.4, -0.2) is 35.3 Å². The van der Waals surface area contributed by atoms with Crippen molar-refractivity contribution < 1.29 is 18.7 Å². The van der Waals surface area contributed by atoms with Crippen LogP contribution < -0.4 is 11.3 Å². The number of thiophene rings is 1. The SMILES string of the molecule is C[C@@H](n1cnc2cc(-c3ccc(C(N)=O)cc3)sc2c1=O)[C@](O)(Cn1cncn1)c1ccc(F)cc1F. The van der Waals surface area contributed by atoms with Gasteiger partial charge in [0.05, 0.1) is 24.4 Å². The number of benzene rings is 2. The molecule has 0 saturated carbocycles. The number of aromatic nitrogens is 5. The summed E-state index contributed by atoms with van der Waals surface area (Å²) < 4.78 is 31.4. The summed E-state index contributed by atoms with van der Waals surface area (Å²) in [6.45, 7) is 1.29. The molecule has 0 fully saturated rings. The van der Waals surface area contributed by atoms with Gasteiger partial charge in [0.2, 0.25) is 5.91 Å². The zero-order valence-corrected chi connectivity index (χ0v) is 20.2. The lowest BCUT2D eigenvalue weighted by molar-refractivity contribution is -0.0343. The number of nitrogens with zero attached hydrogens (tertiary/aromatic N) is 5. The van der Waals surface area contributed by atoms with Gasteiger partial charge in [-0.2, -0.15) is 5.10 Å². The third kappa shape index (κ3) is 4.41. The molecule has 3 heterocycles. The standard InChI is InChI=1S/C25H20F2N6O3S/c1-14(25(36,10-32-12-29-11-31-32)18-7-6-17(26)8-19(18)27)33-13-30-20-9-21(37-22(20)24(33)35)15-2-4-16(5-3-15)23(28)34/h2-9,11-14,36H,10H2,1H3,(H2,28,34)/t14-,25-/m1/s1. The van der Waals surface area contributed by atoms with Gasteiger partial charge >= 0.3 is 0 Å². The number of rotatable bonds is 7. The molecule has 9 nitrogen and oxygen atoms in total. The lowest BCUT2D eigenvalue weighted by Gasteiger charge is -2.35. The summed E-state index contributed by atoms with van der Waals surface area (Å²) in [5.41, 5.74) is 4.21. The fraction of sp³-hybridized carbons (Fsp3) is 0.160. The highest BCUT2D eigenvalue weighted by Crippen LogP contribution is 2.37. The Labute approximate surface area is 212 Å².